The van der Waals surface area contributed by atoms with Crippen molar-refractivity contribution in [3.63, 3.8) is 0 Å². The van der Waals surface area contributed by atoms with E-state index >= 15 is 0 Å². The fourth-order valence-corrected chi connectivity index (χ4v) is 6.42. The smallest absolute Gasteiger partial charge is 0.261 e. The summed E-state index contributed by atoms with van der Waals surface area (Å²) < 4.78 is 26.7. The zero-order valence-corrected chi connectivity index (χ0v) is 22.2. The van der Waals surface area contributed by atoms with E-state index in [-0.39, 0.29) is 34.2 Å². The molecule has 3 fully saturated rings. The molecule has 1 amide bonds. The number of benzene rings is 1. The van der Waals surface area contributed by atoms with E-state index in [2.05, 4.69) is 29.0 Å². The largest absolute Gasteiger partial charge is 0.489 e. The number of methoxy groups -OCH3 is 1. The predicted octanol–water partition coefficient (Wildman–Crippen LogP) is 3.04. The maximum absolute atomic E-state index is 15.0. The molecule has 0 aliphatic carbocycles. The normalized spacial score (nSPS) is 25.8. The van der Waals surface area contributed by atoms with Crippen LogP contribution >= 0.6 is 11.6 Å². The number of carbonyl (C=O) groups excluding carboxylic acids is 1. The molecule has 1 N–H and O–H groups in total. The third-order valence-corrected chi connectivity index (χ3v) is 8.64. The van der Waals surface area contributed by atoms with Gasteiger partial charge in [-0.2, -0.15) is 0 Å². The summed E-state index contributed by atoms with van der Waals surface area (Å²) in [6.45, 7) is 9.06. The standard InChI is InChI=1S/C27H33ClFN5O3/c1-27(2)10-16(32-13-18(14-32)36-3)12-34(27)25-21-24(37-15-17-11-30-8-9-33(17)26(21)35)22(28)23(31-25)19-6-4-5-7-20(19)29/h4-7,16-18,30H,8-15H2,1-3H3/t16-,17-/m1/s1. The number of hydrogen-bond acceptors (Lipinski definition) is 7. The first-order valence-electron chi connectivity index (χ1n) is 13.0. The van der Waals surface area contributed by atoms with Gasteiger partial charge in [-0.1, -0.05) is 23.7 Å². The van der Waals surface area contributed by atoms with Crippen LogP contribution in [0.15, 0.2) is 24.3 Å². The molecule has 5 heterocycles. The Morgan fingerprint density at radius 3 is 2.76 bits per heavy atom. The third-order valence-electron chi connectivity index (χ3n) is 8.29. The molecular formula is C27H33ClFN5O3. The van der Waals surface area contributed by atoms with Crippen LogP contribution in [0.5, 0.6) is 5.75 Å². The summed E-state index contributed by atoms with van der Waals surface area (Å²) >= 11 is 6.88. The van der Waals surface area contributed by atoms with Crippen molar-refractivity contribution in [1.29, 1.82) is 0 Å². The SMILES string of the molecule is COC1CN([C@H]2CN(c3nc(-c4ccccc4F)c(Cl)c4c3C(=O)N3CCNC[C@@H]3CO4)C(C)(C)C2)C1. The Hall–Kier alpha value is -2.46. The molecule has 8 nitrogen and oxygen atoms in total. The molecule has 198 valence electrons. The first-order valence-corrected chi connectivity index (χ1v) is 13.3. The maximum atomic E-state index is 15.0. The minimum absolute atomic E-state index is 0.110. The molecule has 0 saturated carbocycles. The molecule has 4 aliphatic rings. The van der Waals surface area contributed by atoms with E-state index in [0.29, 0.717) is 61.7 Å². The molecule has 1 aromatic carbocycles. The van der Waals surface area contributed by atoms with Crippen LogP contribution in [0.4, 0.5) is 10.2 Å². The lowest BCUT2D eigenvalue weighted by Crippen LogP contribution is -2.56. The molecule has 37 heavy (non-hydrogen) atoms. The molecule has 4 aliphatic heterocycles. The van der Waals surface area contributed by atoms with E-state index in [1.165, 1.54) is 6.07 Å². The number of amides is 1. The molecule has 2 atom stereocenters. The van der Waals surface area contributed by atoms with Gasteiger partial charge in [-0.3, -0.25) is 9.69 Å². The van der Waals surface area contributed by atoms with Gasteiger partial charge in [0, 0.05) is 63.5 Å². The summed E-state index contributed by atoms with van der Waals surface area (Å²) in [5, 5.41) is 3.51. The van der Waals surface area contributed by atoms with Crippen molar-refractivity contribution >= 4 is 23.3 Å². The predicted molar refractivity (Wildman–Crippen MR) is 140 cm³/mol. The highest BCUT2D eigenvalue weighted by Gasteiger charge is 2.47. The Labute approximate surface area is 221 Å². The molecule has 2 aromatic rings. The number of ether oxygens (including phenoxy) is 2. The molecule has 3 saturated heterocycles. The molecule has 0 spiro atoms. The van der Waals surface area contributed by atoms with Crippen molar-refractivity contribution in [2.75, 3.05) is 57.9 Å². The van der Waals surface area contributed by atoms with E-state index in [0.717, 1.165) is 19.5 Å². The van der Waals surface area contributed by atoms with Crippen molar-refractivity contribution < 1.29 is 18.7 Å². The minimum Gasteiger partial charge on any atom is -0.489 e. The summed E-state index contributed by atoms with van der Waals surface area (Å²) in [6, 6.07) is 6.63. The zero-order valence-electron chi connectivity index (χ0n) is 21.5. The maximum Gasteiger partial charge on any atom is 0.261 e. The average molecular weight is 530 g/mol. The number of likely N-dealkylation sites (tertiary alicyclic amines) is 1. The van der Waals surface area contributed by atoms with Crippen LogP contribution in [0.2, 0.25) is 5.02 Å². The van der Waals surface area contributed by atoms with Gasteiger partial charge in [0.1, 0.15) is 28.8 Å². The van der Waals surface area contributed by atoms with Crippen LogP contribution in [0.25, 0.3) is 11.3 Å². The van der Waals surface area contributed by atoms with Gasteiger partial charge >= 0.3 is 0 Å². The van der Waals surface area contributed by atoms with Crippen LogP contribution in [0.1, 0.15) is 30.6 Å². The number of pyridine rings is 1. The highest BCUT2D eigenvalue weighted by Crippen LogP contribution is 2.47. The van der Waals surface area contributed by atoms with Crippen molar-refractivity contribution in [1.82, 2.24) is 20.1 Å². The summed E-state index contributed by atoms with van der Waals surface area (Å²) in [5.74, 6) is 0.255. The third kappa shape index (κ3) is 4.16. The molecule has 0 unspecified atom stereocenters. The van der Waals surface area contributed by atoms with Crippen LogP contribution in [-0.4, -0.2) is 97.4 Å². The molecule has 1 aromatic heterocycles. The Kier molecular flexibility index (Phi) is 6.30. The van der Waals surface area contributed by atoms with Gasteiger partial charge < -0.3 is 24.6 Å². The minimum atomic E-state index is -0.422. The van der Waals surface area contributed by atoms with Crippen molar-refractivity contribution in [2.24, 2.45) is 0 Å². The molecule has 0 radical (unpaired) electrons. The van der Waals surface area contributed by atoms with Crippen molar-refractivity contribution in [3.8, 4) is 17.0 Å². The first-order chi connectivity index (χ1) is 17.8. The second kappa shape index (κ2) is 9.38. The number of halogens is 2. The number of piperazine rings is 1. The Balaban J connectivity index is 1.49. The second-order valence-corrected chi connectivity index (χ2v) is 11.4. The van der Waals surface area contributed by atoms with Crippen LogP contribution in [0.3, 0.4) is 0 Å². The van der Waals surface area contributed by atoms with E-state index in [1.54, 1.807) is 25.3 Å². The topological polar surface area (TPSA) is 70.2 Å². The Morgan fingerprint density at radius 1 is 1.22 bits per heavy atom. The highest BCUT2D eigenvalue weighted by molar-refractivity contribution is 6.35. The number of nitrogens with zero attached hydrogens (tertiary/aromatic N) is 4. The van der Waals surface area contributed by atoms with Crippen LogP contribution in [-0.2, 0) is 4.74 Å². The van der Waals surface area contributed by atoms with Crippen LogP contribution < -0.4 is 15.0 Å². The van der Waals surface area contributed by atoms with Crippen molar-refractivity contribution in [2.45, 2.75) is 44.0 Å². The fourth-order valence-electron chi connectivity index (χ4n) is 6.13. The lowest BCUT2D eigenvalue weighted by molar-refractivity contribution is -0.0475. The van der Waals surface area contributed by atoms with Gasteiger partial charge in [0.05, 0.1) is 17.8 Å². The number of carbonyl (C=O) groups is 1. The average Bonchev–Trinajstić information content (AvgIpc) is 3.08. The molecule has 6 rings (SSSR count). The van der Waals surface area contributed by atoms with Gasteiger partial charge in [-0.15, -0.1) is 0 Å². The summed E-state index contributed by atoms with van der Waals surface area (Å²) in [5.41, 5.74) is 0.665. The number of rotatable bonds is 4. The summed E-state index contributed by atoms with van der Waals surface area (Å²) in [4.78, 5) is 25.5. The zero-order chi connectivity index (χ0) is 25.9. The first kappa shape index (κ1) is 24.9. The lowest BCUT2D eigenvalue weighted by Gasteiger charge is -2.42. The van der Waals surface area contributed by atoms with Crippen molar-refractivity contribution in [3.05, 3.63) is 40.7 Å². The quantitative estimate of drug-likeness (QED) is 0.653. The second-order valence-electron chi connectivity index (χ2n) is 11.0. The van der Waals surface area contributed by atoms with Gasteiger partial charge in [0.25, 0.3) is 5.91 Å². The number of hydrogen-bond donors (Lipinski definition) is 1. The van der Waals surface area contributed by atoms with Gasteiger partial charge in [-0.05, 0) is 32.4 Å². The van der Waals surface area contributed by atoms with E-state index in [1.807, 2.05) is 4.90 Å². The fraction of sp³-hybridized carbons (Fsp3) is 0.556. The Morgan fingerprint density at radius 2 is 2.00 bits per heavy atom. The lowest BCUT2D eigenvalue weighted by atomic mass is 9.97. The molecule has 10 heteroatoms. The number of fused-ring (bicyclic) bond motifs is 2. The number of anilines is 1. The number of nitrogens with one attached hydrogen (secondary N) is 1. The van der Waals surface area contributed by atoms with Gasteiger partial charge in [0.15, 0.2) is 5.75 Å². The van der Waals surface area contributed by atoms with E-state index in [9.17, 15) is 9.18 Å². The Bertz CT molecular complexity index is 1220. The van der Waals surface area contributed by atoms with Gasteiger partial charge in [-0.25, -0.2) is 9.37 Å². The highest BCUT2D eigenvalue weighted by atomic mass is 35.5. The molecular weight excluding hydrogens is 497 g/mol. The summed E-state index contributed by atoms with van der Waals surface area (Å²) in [6.07, 6.45) is 1.16. The number of aromatic nitrogens is 1. The van der Waals surface area contributed by atoms with Crippen LogP contribution in [0, 0.1) is 5.82 Å². The summed E-state index contributed by atoms with van der Waals surface area (Å²) in [7, 11) is 1.75. The molecule has 0 bridgehead atoms. The van der Waals surface area contributed by atoms with E-state index < -0.39 is 5.82 Å². The van der Waals surface area contributed by atoms with Gasteiger partial charge in [0.2, 0.25) is 0 Å². The monoisotopic (exact) mass is 529 g/mol. The van der Waals surface area contributed by atoms with E-state index in [4.69, 9.17) is 26.1 Å².